The lowest BCUT2D eigenvalue weighted by atomic mass is 10.3. The van der Waals surface area contributed by atoms with Crippen molar-refractivity contribution in [2.45, 2.75) is 17.2 Å². The molecule has 1 aromatic heterocycles. The molecule has 8 heteroatoms. The van der Waals surface area contributed by atoms with Gasteiger partial charge in [0.2, 0.25) is 11.6 Å². The van der Waals surface area contributed by atoms with Crippen LogP contribution in [0.3, 0.4) is 0 Å². The lowest BCUT2D eigenvalue weighted by molar-refractivity contribution is -0.705. The summed E-state index contributed by atoms with van der Waals surface area (Å²) in [5, 5.41) is 18.7. The molecule has 0 bridgehead atoms. The Kier molecular flexibility index (Phi) is 5.25. The zero-order valence-electron chi connectivity index (χ0n) is 13.2. The van der Waals surface area contributed by atoms with Crippen LogP contribution in [-0.4, -0.2) is 16.4 Å². The highest BCUT2D eigenvalue weighted by Gasteiger charge is 2.26. The van der Waals surface area contributed by atoms with Crippen LogP contribution in [0.25, 0.3) is 5.69 Å². The lowest BCUT2D eigenvalue weighted by Crippen LogP contribution is -2.36. The molecule has 2 aromatic carbocycles. The van der Waals surface area contributed by atoms with Crippen molar-refractivity contribution in [2.75, 3.05) is 5.32 Å². The van der Waals surface area contributed by atoms with Crippen LogP contribution in [0.4, 0.5) is 5.69 Å². The van der Waals surface area contributed by atoms with E-state index >= 15 is 0 Å². The van der Waals surface area contributed by atoms with Gasteiger partial charge < -0.3 is 14.9 Å². The predicted molar refractivity (Wildman–Crippen MR) is 92.9 cm³/mol. The fourth-order valence-electron chi connectivity index (χ4n) is 2.10. The van der Waals surface area contributed by atoms with Crippen molar-refractivity contribution in [2.24, 2.45) is 0 Å². The van der Waals surface area contributed by atoms with Crippen molar-refractivity contribution in [3.8, 4) is 11.6 Å². The normalized spacial score (nSPS) is 11.9. The highest BCUT2D eigenvalue weighted by Crippen LogP contribution is 2.28. The Morgan fingerprint density at radius 3 is 2.76 bits per heavy atom. The van der Waals surface area contributed by atoms with Crippen LogP contribution in [0.15, 0.2) is 64.1 Å². The first-order valence-electron chi connectivity index (χ1n) is 7.42. The SMILES string of the molecule is CC(Sc1c([O-])on[n+]1-c1ccccc1)C(=O)Nc1cccc(Cl)c1. The molecule has 1 unspecified atom stereocenters. The number of benzene rings is 2. The van der Waals surface area contributed by atoms with Crippen molar-refractivity contribution in [1.82, 2.24) is 5.27 Å². The smallest absolute Gasteiger partial charge is 0.298 e. The summed E-state index contributed by atoms with van der Waals surface area (Å²) in [7, 11) is 0. The molecule has 1 amide bonds. The van der Waals surface area contributed by atoms with Gasteiger partial charge in [-0.15, -0.1) is 0 Å². The summed E-state index contributed by atoms with van der Waals surface area (Å²) in [5.74, 6) is -0.844. The van der Waals surface area contributed by atoms with Gasteiger partial charge in [-0.2, -0.15) is 0 Å². The molecule has 1 heterocycles. The average Bonchev–Trinajstić information content (AvgIpc) is 2.96. The van der Waals surface area contributed by atoms with E-state index < -0.39 is 11.2 Å². The average molecular weight is 376 g/mol. The molecule has 1 atom stereocenters. The molecule has 0 aliphatic carbocycles. The van der Waals surface area contributed by atoms with Gasteiger partial charge in [0.1, 0.15) is 0 Å². The van der Waals surface area contributed by atoms with Gasteiger partial charge in [-0.25, -0.2) is 0 Å². The Hall–Kier alpha value is -2.51. The lowest BCUT2D eigenvalue weighted by Gasteiger charge is -2.10. The van der Waals surface area contributed by atoms with E-state index in [9.17, 15) is 9.90 Å². The third kappa shape index (κ3) is 4.12. The first-order chi connectivity index (χ1) is 12.0. The number of hydrogen-bond donors (Lipinski definition) is 1. The maximum Gasteiger partial charge on any atom is 0.298 e. The first kappa shape index (κ1) is 17.3. The number of carbonyl (C=O) groups is 1. The van der Waals surface area contributed by atoms with Crippen LogP contribution in [0.2, 0.25) is 5.02 Å². The van der Waals surface area contributed by atoms with Crippen molar-refractivity contribution >= 4 is 35.0 Å². The van der Waals surface area contributed by atoms with E-state index in [1.807, 2.05) is 18.2 Å². The number of para-hydroxylation sites is 1. The second-order valence-electron chi connectivity index (χ2n) is 5.17. The van der Waals surface area contributed by atoms with E-state index in [0.29, 0.717) is 16.4 Å². The number of aromatic nitrogens is 2. The summed E-state index contributed by atoms with van der Waals surface area (Å²) in [6.45, 7) is 1.70. The Morgan fingerprint density at radius 2 is 2.04 bits per heavy atom. The summed E-state index contributed by atoms with van der Waals surface area (Å²) in [6.07, 6.45) is 0. The highest BCUT2D eigenvalue weighted by molar-refractivity contribution is 8.00. The number of carbonyl (C=O) groups excluding carboxylic acids is 1. The third-order valence-corrected chi connectivity index (χ3v) is 4.69. The van der Waals surface area contributed by atoms with Gasteiger partial charge in [-0.1, -0.05) is 35.9 Å². The predicted octanol–water partition coefficient (Wildman–Crippen LogP) is 2.80. The summed E-state index contributed by atoms with van der Waals surface area (Å²) in [4.78, 5) is 12.4. The Labute approximate surface area is 153 Å². The molecule has 0 aliphatic heterocycles. The van der Waals surface area contributed by atoms with Crippen molar-refractivity contribution in [3.05, 3.63) is 59.6 Å². The van der Waals surface area contributed by atoms with Gasteiger partial charge in [-0.3, -0.25) is 4.79 Å². The van der Waals surface area contributed by atoms with Crippen LogP contribution in [0.5, 0.6) is 5.95 Å². The number of rotatable bonds is 5. The number of anilines is 1. The Morgan fingerprint density at radius 1 is 1.28 bits per heavy atom. The molecule has 1 N–H and O–H groups in total. The zero-order valence-corrected chi connectivity index (χ0v) is 14.8. The van der Waals surface area contributed by atoms with Crippen molar-refractivity contribution in [1.29, 1.82) is 0 Å². The maximum atomic E-state index is 12.4. The van der Waals surface area contributed by atoms with Crippen molar-refractivity contribution in [3.63, 3.8) is 0 Å². The largest absolute Gasteiger partial charge is 0.538 e. The molecule has 3 rings (SSSR count). The number of halogens is 1. The number of hydrogen-bond acceptors (Lipinski definition) is 5. The molecule has 0 radical (unpaired) electrons. The summed E-state index contributed by atoms with van der Waals surface area (Å²) < 4.78 is 6.14. The van der Waals surface area contributed by atoms with E-state index in [0.717, 1.165) is 11.8 Å². The molecule has 0 aliphatic rings. The van der Waals surface area contributed by atoms with E-state index in [2.05, 4.69) is 10.6 Å². The molecule has 0 spiro atoms. The standard InChI is InChI=1S/C17H14ClN3O3S/c1-11(15(22)19-13-7-5-6-12(18)10-13)25-16-17(23)24-20-21(16)14-8-3-2-4-9-14/h2-11H,1H3,(H-,19,20,22,23). The molecule has 25 heavy (non-hydrogen) atoms. The molecule has 0 saturated heterocycles. The Bertz CT molecular complexity index is 886. The van der Waals surface area contributed by atoms with E-state index in [1.165, 1.54) is 4.68 Å². The van der Waals surface area contributed by atoms with E-state index in [4.69, 9.17) is 16.1 Å². The van der Waals surface area contributed by atoms with Crippen molar-refractivity contribution < 1.29 is 19.1 Å². The van der Waals surface area contributed by atoms with Gasteiger partial charge in [-0.05, 0) is 41.6 Å². The van der Waals surface area contributed by atoms with Crippen LogP contribution in [0, 0.1) is 0 Å². The fraction of sp³-hybridized carbons (Fsp3) is 0.118. The van der Waals surface area contributed by atoms with Gasteiger partial charge in [0, 0.05) is 22.8 Å². The van der Waals surface area contributed by atoms with E-state index in [-0.39, 0.29) is 10.9 Å². The Balaban J connectivity index is 1.76. The van der Waals surface area contributed by atoms with Gasteiger partial charge in [0.05, 0.1) is 10.5 Å². The molecule has 3 aromatic rings. The fourth-order valence-corrected chi connectivity index (χ4v) is 3.17. The van der Waals surface area contributed by atoms with Crippen LogP contribution in [0.1, 0.15) is 6.92 Å². The first-order valence-corrected chi connectivity index (χ1v) is 8.68. The minimum atomic E-state index is -0.587. The summed E-state index contributed by atoms with van der Waals surface area (Å²) >= 11 is 6.99. The molecule has 128 valence electrons. The quantitative estimate of drug-likeness (QED) is 0.547. The monoisotopic (exact) mass is 375 g/mol. The van der Waals surface area contributed by atoms with Gasteiger partial charge in [0.15, 0.2) is 5.95 Å². The number of amides is 1. The second kappa shape index (κ2) is 7.58. The van der Waals surface area contributed by atoms with Crippen LogP contribution >= 0.6 is 23.4 Å². The molecule has 6 nitrogen and oxygen atoms in total. The summed E-state index contributed by atoms with van der Waals surface area (Å²) in [5.41, 5.74) is 1.27. The molecular weight excluding hydrogens is 362 g/mol. The number of thioether (sulfide) groups is 1. The van der Waals surface area contributed by atoms with Crippen LogP contribution in [-0.2, 0) is 4.79 Å². The molecule has 0 fully saturated rings. The van der Waals surface area contributed by atoms with Gasteiger partial charge in [0.25, 0.3) is 5.03 Å². The third-order valence-electron chi connectivity index (χ3n) is 3.32. The van der Waals surface area contributed by atoms with E-state index in [1.54, 1.807) is 43.3 Å². The second-order valence-corrected chi connectivity index (χ2v) is 6.94. The highest BCUT2D eigenvalue weighted by atomic mass is 35.5. The molecular formula is C17H14ClN3O3S. The zero-order chi connectivity index (χ0) is 17.8. The topological polar surface area (TPSA) is 82.1 Å². The van der Waals surface area contributed by atoms with Crippen LogP contribution < -0.4 is 15.1 Å². The number of nitrogens with one attached hydrogen (secondary N) is 1. The molecule has 0 saturated carbocycles. The minimum absolute atomic E-state index is 0.236. The maximum absolute atomic E-state index is 12.4. The number of nitrogens with zero attached hydrogens (tertiary/aromatic N) is 2. The van der Waals surface area contributed by atoms with Gasteiger partial charge >= 0.3 is 0 Å². The summed E-state index contributed by atoms with van der Waals surface area (Å²) in [6, 6.07) is 16.0. The minimum Gasteiger partial charge on any atom is -0.538 e.